The molecule has 1 aliphatic rings. The lowest BCUT2D eigenvalue weighted by Gasteiger charge is -2.09. The third-order valence-corrected chi connectivity index (χ3v) is 3.96. The molecule has 1 aliphatic carbocycles. The van der Waals surface area contributed by atoms with Crippen molar-refractivity contribution in [2.75, 3.05) is 0 Å². The van der Waals surface area contributed by atoms with E-state index >= 15 is 0 Å². The zero-order chi connectivity index (χ0) is 12.1. The summed E-state index contributed by atoms with van der Waals surface area (Å²) in [6.07, 6.45) is 9.04. The van der Waals surface area contributed by atoms with Gasteiger partial charge in [-0.25, -0.2) is 9.97 Å². The minimum Gasteiger partial charge on any atom is -0.345 e. The van der Waals surface area contributed by atoms with E-state index in [0.29, 0.717) is 12.0 Å². The zero-order valence-corrected chi connectivity index (χ0v) is 10.0. The average Bonchev–Trinajstić information content (AvgIpc) is 3.03. The van der Waals surface area contributed by atoms with Crippen molar-refractivity contribution in [3.05, 3.63) is 30.4 Å². The maximum absolute atomic E-state index is 6.02. The Kier molecular flexibility index (Phi) is 1.99. The Labute approximate surface area is 104 Å². The van der Waals surface area contributed by atoms with Crippen LogP contribution in [0.15, 0.2) is 24.7 Å². The summed E-state index contributed by atoms with van der Waals surface area (Å²) in [5.74, 6) is 0.524. The molecule has 0 spiro atoms. The molecule has 3 aromatic rings. The number of hydrogen-bond donors (Lipinski definition) is 2. The van der Waals surface area contributed by atoms with Gasteiger partial charge in [0, 0.05) is 30.0 Å². The molecule has 0 saturated heterocycles. The lowest BCUT2D eigenvalue weighted by Crippen LogP contribution is -2.14. The Morgan fingerprint density at radius 2 is 2.22 bits per heavy atom. The van der Waals surface area contributed by atoms with Crippen molar-refractivity contribution >= 4 is 16.8 Å². The highest BCUT2D eigenvalue weighted by molar-refractivity contribution is 5.74. The van der Waals surface area contributed by atoms with Gasteiger partial charge in [0.1, 0.15) is 0 Å². The van der Waals surface area contributed by atoms with Gasteiger partial charge in [-0.05, 0) is 25.3 Å². The molecule has 0 aromatic carbocycles. The van der Waals surface area contributed by atoms with E-state index in [4.69, 9.17) is 5.73 Å². The van der Waals surface area contributed by atoms with Gasteiger partial charge >= 0.3 is 0 Å². The number of aromatic nitrogens is 4. The van der Waals surface area contributed by atoms with E-state index in [2.05, 4.69) is 25.4 Å². The number of nitrogens with zero attached hydrogens (tertiary/aromatic N) is 3. The fourth-order valence-electron chi connectivity index (χ4n) is 3.07. The number of fused-ring (bicyclic) bond motifs is 3. The number of nitrogens with two attached hydrogens (primary N) is 1. The highest BCUT2D eigenvalue weighted by atomic mass is 15.1. The Morgan fingerprint density at radius 1 is 1.28 bits per heavy atom. The van der Waals surface area contributed by atoms with Crippen LogP contribution in [0, 0.1) is 0 Å². The van der Waals surface area contributed by atoms with Crippen LogP contribution < -0.4 is 5.73 Å². The summed E-state index contributed by atoms with van der Waals surface area (Å²) in [6, 6.07) is 2.39. The number of H-pyrrole nitrogens is 1. The van der Waals surface area contributed by atoms with E-state index in [1.807, 2.05) is 18.6 Å². The van der Waals surface area contributed by atoms with Gasteiger partial charge < -0.3 is 10.7 Å². The predicted molar refractivity (Wildman–Crippen MR) is 69.4 cm³/mol. The van der Waals surface area contributed by atoms with Crippen LogP contribution in [-0.4, -0.2) is 25.4 Å². The summed E-state index contributed by atoms with van der Waals surface area (Å²) in [7, 11) is 0. The van der Waals surface area contributed by atoms with Gasteiger partial charge in [0.05, 0.1) is 11.7 Å². The van der Waals surface area contributed by atoms with Crippen LogP contribution in [0.2, 0.25) is 0 Å². The molecular weight excluding hydrogens is 226 g/mol. The molecule has 18 heavy (non-hydrogen) atoms. The molecule has 3 aromatic heterocycles. The number of nitrogens with one attached hydrogen (secondary N) is 1. The summed E-state index contributed by atoms with van der Waals surface area (Å²) < 4.78 is 2.21. The molecule has 4 rings (SSSR count). The van der Waals surface area contributed by atoms with Crippen LogP contribution >= 0.6 is 0 Å². The van der Waals surface area contributed by atoms with Crippen LogP contribution in [0.5, 0.6) is 0 Å². The van der Waals surface area contributed by atoms with Gasteiger partial charge in [0.2, 0.25) is 0 Å². The van der Waals surface area contributed by atoms with E-state index in [1.165, 1.54) is 5.69 Å². The van der Waals surface area contributed by atoms with Crippen LogP contribution in [0.4, 0.5) is 0 Å². The van der Waals surface area contributed by atoms with E-state index in [9.17, 15) is 0 Å². The van der Waals surface area contributed by atoms with Gasteiger partial charge in [-0.2, -0.15) is 0 Å². The van der Waals surface area contributed by atoms with Gasteiger partial charge in [0.25, 0.3) is 0 Å². The number of hydrogen-bond acceptors (Lipinski definition) is 3. The summed E-state index contributed by atoms with van der Waals surface area (Å²) in [4.78, 5) is 12.0. The Balaban J connectivity index is 1.97. The zero-order valence-electron chi connectivity index (χ0n) is 10.0. The third-order valence-electron chi connectivity index (χ3n) is 3.96. The van der Waals surface area contributed by atoms with Crippen molar-refractivity contribution in [1.29, 1.82) is 0 Å². The SMILES string of the molecule is NC1CCC(c2cnc3cnc4[nH]ccc4n23)C1. The molecule has 5 nitrogen and oxygen atoms in total. The molecule has 0 aliphatic heterocycles. The molecule has 1 fully saturated rings. The maximum Gasteiger partial charge on any atom is 0.156 e. The first-order valence-electron chi connectivity index (χ1n) is 6.38. The van der Waals surface area contributed by atoms with Crippen molar-refractivity contribution in [2.24, 2.45) is 5.73 Å². The summed E-state index contributed by atoms with van der Waals surface area (Å²) in [6.45, 7) is 0. The van der Waals surface area contributed by atoms with Crippen molar-refractivity contribution in [1.82, 2.24) is 19.4 Å². The van der Waals surface area contributed by atoms with Crippen LogP contribution in [-0.2, 0) is 0 Å². The average molecular weight is 241 g/mol. The third kappa shape index (κ3) is 1.31. The molecule has 5 heteroatoms. The second-order valence-electron chi connectivity index (χ2n) is 5.12. The van der Waals surface area contributed by atoms with Gasteiger partial charge in [-0.15, -0.1) is 0 Å². The minimum atomic E-state index is 0.337. The first-order chi connectivity index (χ1) is 8.83. The van der Waals surface area contributed by atoms with E-state index in [-0.39, 0.29) is 0 Å². The second-order valence-corrected chi connectivity index (χ2v) is 5.12. The number of rotatable bonds is 1. The fraction of sp³-hybridized carbons (Fsp3) is 0.385. The molecule has 2 unspecified atom stereocenters. The van der Waals surface area contributed by atoms with Crippen LogP contribution in [0.3, 0.4) is 0 Å². The number of aromatic amines is 1. The topological polar surface area (TPSA) is 72.0 Å². The smallest absolute Gasteiger partial charge is 0.156 e. The predicted octanol–water partition coefficient (Wildman–Crippen LogP) is 1.81. The molecule has 92 valence electrons. The largest absolute Gasteiger partial charge is 0.345 e. The summed E-state index contributed by atoms with van der Waals surface area (Å²) in [5.41, 5.74) is 10.2. The first-order valence-corrected chi connectivity index (χ1v) is 6.38. The van der Waals surface area contributed by atoms with Crippen LogP contribution in [0.1, 0.15) is 30.9 Å². The first kappa shape index (κ1) is 10.1. The Hall–Kier alpha value is -1.88. The molecule has 0 radical (unpaired) electrons. The van der Waals surface area contributed by atoms with Crippen molar-refractivity contribution in [2.45, 2.75) is 31.2 Å². The van der Waals surface area contributed by atoms with Crippen LogP contribution in [0.25, 0.3) is 16.8 Å². The monoisotopic (exact) mass is 241 g/mol. The molecule has 0 amide bonds. The Morgan fingerprint density at radius 3 is 3.06 bits per heavy atom. The van der Waals surface area contributed by atoms with E-state index in [0.717, 1.165) is 36.1 Å². The van der Waals surface area contributed by atoms with Gasteiger partial charge in [0.15, 0.2) is 11.3 Å². The van der Waals surface area contributed by atoms with Gasteiger partial charge in [-0.3, -0.25) is 4.40 Å². The summed E-state index contributed by atoms with van der Waals surface area (Å²) >= 11 is 0. The molecule has 0 bridgehead atoms. The van der Waals surface area contributed by atoms with Crippen molar-refractivity contribution < 1.29 is 0 Å². The van der Waals surface area contributed by atoms with E-state index in [1.54, 1.807) is 0 Å². The second kappa shape index (κ2) is 3.55. The molecule has 3 heterocycles. The standard InChI is InChI=1S/C13H15N5/c14-9-2-1-8(5-9)11-6-16-12-7-17-13-10(18(11)12)3-4-15-13/h3-4,6-9,15H,1-2,5,14H2. The molecule has 3 N–H and O–H groups in total. The maximum atomic E-state index is 6.02. The lowest BCUT2D eigenvalue weighted by molar-refractivity contribution is 0.660. The quantitative estimate of drug-likeness (QED) is 0.682. The van der Waals surface area contributed by atoms with Crippen molar-refractivity contribution in [3.8, 4) is 0 Å². The molecular formula is C13H15N5. The Bertz CT molecular complexity index is 710. The lowest BCUT2D eigenvalue weighted by atomic mass is 10.0. The summed E-state index contributed by atoms with van der Waals surface area (Å²) in [5, 5.41) is 0. The number of imidazole rings is 1. The van der Waals surface area contributed by atoms with E-state index < -0.39 is 0 Å². The highest BCUT2D eigenvalue weighted by Crippen LogP contribution is 2.34. The molecule has 2 atom stereocenters. The molecule has 1 saturated carbocycles. The van der Waals surface area contributed by atoms with Gasteiger partial charge in [-0.1, -0.05) is 0 Å². The minimum absolute atomic E-state index is 0.337. The normalized spacial score (nSPS) is 24.3. The van der Waals surface area contributed by atoms with Crippen molar-refractivity contribution in [3.63, 3.8) is 0 Å². The fourth-order valence-corrected chi connectivity index (χ4v) is 3.07. The highest BCUT2D eigenvalue weighted by Gasteiger charge is 2.26.